The molecule has 0 bridgehead atoms. The third-order valence-corrected chi connectivity index (χ3v) is 7.90. The predicted molar refractivity (Wildman–Crippen MR) is 153 cm³/mol. The third kappa shape index (κ3) is 6.30. The minimum atomic E-state index is 0.0511. The number of ether oxygens (including phenoxy) is 1. The topological polar surface area (TPSA) is 65.5 Å². The van der Waals surface area contributed by atoms with Crippen molar-refractivity contribution in [3.63, 3.8) is 0 Å². The number of piperidine rings is 1. The second-order valence-electron chi connectivity index (χ2n) is 12.4. The smallest absolute Gasteiger partial charge is 0.227 e. The zero-order valence-corrected chi connectivity index (χ0v) is 23.4. The van der Waals surface area contributed by atoms with Gasteiger partial charge in [-0.2, -0.15) is 4.98 Å². The van der Waals surface area contributed by atoms with Crippen LogP contribution in [0.25, 0.3) is 10.9 Å². The molecule has 0 spiro atoms. The van der Waals surface area contributed by atoms with E-state index in [0.717, 1.165) is 72.9 Å². The van der Waals surface area contributed by atoms with Gasteiger partial charge in [0.25, 0.3) is 0 Å². The summed E-state index contributed by atoms with van der Waals surface area (Å²) in [5.74, 6) is 9.28. The SMILES string of the molecule is COc1cc2c(NC3CC(C)(C)NC(C)(C)C3)nc(N3CCCC3)nc2cc1C#CCCN1CCCC1. The van der Waals surface area contributed by atoms with Crippen molar-refractivity contribution >= 4 is 22.7 Å². The molecule has 7 nitrogen and oxygen atoms in total. The van der Waals surface area contributed by atoms with Crippen molar-refractivity contribution in [3.05, 3.63) is 17.7 Å². The summed E-state index contributed by atoms with van der Waals surface area (Å²) in [6, 6.07) is 4.49. The monoisotopic (exact) mass is 504 g/mol. The first-order chi connectivity index (χ1) is 17.7. The fourth-order valence-corrected chi connectivity index (χ4v) is 6.57. The molecule has 0 unspecified atom stereocenters. The van der Waals surface area contributed by atoms with Crippen LogP contribution in [0, 0.1) is 11.8 Å². The van der Waals surface area contributed by atoms with Gasteiger partial charge in [0.1, 0.15) is 11.6 Å². The molecule has 200 valence electrons. The Labute approximate surface area is 222 Å². The van der Waals surface area contributed by atoms with Gasteiger partial charge in [-0.3, -0.25) is 0 Å². The minimum Gasteiger partial charge on any atom is -0.495 e. The van der Waals surface area contributed by atoms with Gasteiger partial charge in [-0.1, -0.05) is 11.8 Å². The van der Waals surface area contributed by atoms with E-state index in [-0.39, 0.29) is 11.1 Å². The van der Waals surface area contributed by atoms with Crippen molar-refractivity contribution in [2.24, 2.45) is 0 Å². The van der Waals surface area contributed by atoms with Crippen LogP contribution in [0.5, 0.6) is 5.75 Å². The van der Waals surface area contributed by atoms with Gasteiger partial charge in [-0.25, -0.2) is 4.98 Å². The second-order valence-corrected chi connectivity index (χ2v) is 12.4. The lowest BCUT2D eigenvalue weighted by atomic mass is 9.79. The Morgan fingerprint density at radius 3 is 2.35 bits per heavy atom. The second kappa shape index (κ2) is 10.7. The highest BCUT2D eigenvalue weighted by Crippen LogP contribution is 2.35. The van der Waals surface area contributed by atoms with E-state index < -0.39 is 0 Å². The Morgan fingerprint density at radius 1 is 1.00 bits per heavy atom. The Balaban J connectivity index is 1.48. The van der Waals surface area contributed by atoms with Crippen LogP contribution >= 0.6 is 0 Å². The van der Waals surface area contributed by atoms with Gasteiger partial charge in [-0.05, 0) is 91.4 Å². The average Bonchev–Trinajstić information content (AvgIpc) is 3.53. The number of fused-ring (bicyclic) bond motifs is 1. The van der Waals surface area contributed by atoms with Gasteiger partial charge in [0.15, 0.2) is 0 Å². The quantitative estimate of drug-likeness (QED) is 0.548. The van der Waals surface area contributed by atoms with Crippen molar-refractivity contribution in [3.8, 4) is 17.6 Å². The van der Waals surface area contributed by atoms with Gasteiger partial charge in [0, 0.05) is 48.6 Å². The molecule has 3 aliphatic heterocycles. The van der Waals surface area contributed by atoms with Crippen LogP contribution in [0.4, 0.5) is 11.8 Å². The van der Waals surface area contributed by atoms with E-state index in [9.17, 15) is 0 Å². The molecule has 4 heterocycles. The summed E-state index contributed by atoms with van der Waals surface area (Å²) in [7, 11) is 1.72. The fourth-order valence-electron chi connectivity index (χ4n) is 6.57. The van der Waals surface area contributed by atoms with Crippen LogP contribution in [-0.4, -0.2) is 71.8 Å². The maximum absolute atomic E-state index is 5.81. The Hall–Kier alpha value is -2.56. The number of aromatic nitrogens is 2. The molecule has 1 aromatic carbocycles. The van der Waals surface area contributed by atoms with E-state index >= 15 is 0 Å². The number of anilines is 2. The maximum atomic E-state index is 5.81. The van der Waals surface area contributed by atoms with Crippen LogP contribution in [0.3, 0.4) is 0 Å². The molecule has 0 amide bonds. The number of hydrogen-bond donors (Lipinski definition) is 2. The molecule has 0 atom stereocenters. The Kier molecular flexibility index (Phi) is 7.51. The number of benzene rings is 1. The summed E-state index contributed by atoms with van der Waals surface area (Å²) in [6.07, 6.45) is 7.94. The lowest BCUT2D eigenvalue weighted by Gasteiger charge is -2.46. The molecule has 7 heteroatoms. The van der Waals surface area contributed by atoms with E-state index in [1.807, 2.05) is 0 Å². The van der Waals surface area contributed by atoms with Crippen LogP contribution < -0.4 is 20.3 Å². The number of hydrogen-bond acceptors (Lipinski definition) is 7. The first kappa shape index (κ1) is 26.1. The third-order valence-electron chi connectivity index (χ3n) is 7.90. The van der Waals surface area contributed by atoms with Gasteiger partial charge in [0.2, 0.25) is 5.95 Å². The minimum absolute atomic E-state index is 0.0511. The lowest BCUT2D eigenvalue weighted by Crippen LogP contribution is -2.60. The molecule has 3 saturated heterocycles. The summed E-state index contributed by atoms with van der Waals surface area (Å²) in [6.45, 7) is 14.6. The molecule has 0 aliphatic carbocycles. The molecule has 37 heavy (non-hydrogen) atoms. The summed E-state index contributed by atoms with van der Waals surface area (Å²) >= 11 is 0. The van der Waals surface area contributed by atoms with Crippen molar-refractivity contribution in [1.82, 2.24) is 20.2 Å². The summed E-state index contributed by atoms with van der Waals surface area (Å²) in [5.41, 5.74) is 1.93. The van der Waals surface area contributed by atoms with Gasteiger partial charge < -0.3 is 25.2 Å². The van der Waals surface area contributed by atoms with Crippen molar-refractivity contribution in [1.29, 1.82) is 0 Å². The summed E-state index contributed by atoms with van der Waals surface area (Å²) in [4.78, 5) is 14.9. The largest absolute Gasteiger partial charge is 0.495 e. The zero-order valence-electron chi connectivity index (χ0n) is 23.4. The highest BCUT2D eigenvalue weighted by atomic mass is 16.5. The van der Waals surface area contributed by atoms with Crippen LogP contribution in [-0.2, 0) is 0 Å². The molecule has 2 aromatic rings. The number of rotatable bonds is 6. The average molecular weight is 505 g/mol. The molecule has 5 rings (SSSR count). The molecular weight excluding hydrogens is 460 g/mol. The number of likely N-dealkylation sites (tertiary alicyclic amines) is 1. The van der Waals surface area contributed by atoms with Crippen LogP contribution in [0.2, 0.25) is 0 Å². The molecular formula is C30H44N6O. The van der Waals surface area contributed by atoms with Crippen molar-refractivity contribution in [2.75, 3.05) is 50.1 Å². The van der Waals surface area contributed by atoms with E-state index in [1.165, 1.54) is 38.8 Å². The number of nitrogens with one attached hydrogen (secondary N) is 2. The fraction of sp³-hybridized carbons (Fsp3) is 0.667. The summed E-state index contributed by atoms with van der Waals surface area (Å²) in [5, 5.41) is 8.62. The Morgan fingerprint density at radius 2 is 1.68 bits per heavy atom. The standard InChI is InChI=1S/C30H44N6O/c1-29(2)20-23(21-30(3,4)34-29)31-27-24-19-26(37-5)22(12-6-7-13-35-14-8-9-15-35)18-25(24)32-28(33-27)36-16-10-11-17-36/h18-19,23,34H,7-11,13-17,20-21H2,1-5H3,(H,31,32,33). The van der Waals surface area contributed by atoms with E-state index in [1.54, 1.807) is 7.11 Å². The lowest BCUT2D eigenvalue weighted by molar-refractivity contribution is 0.170. The van der Waals surface area contributed by atoms with E-state index in [2.05, 4.69) is 72.1 Å². The van der Waals surface area contributed by atoms with Gasteiger partial charge in [-0.15, -0.1) is 0 Å². The molecule has 0 saturated carbocycles. The van der Waals surface area contributed by atoms with Gasteiger partial charge >= 0.3 is 0 Å². The zero-order chi connectivity index (χ0) is 26.0. The molecule has 1 aromatic heterocycles. The number of nitrogens with zero attached hydrogens (tertiary/aromatic N) is 4. The highest BCUT2D eigenvalue weighted by molar-refractivity contribution is 5.93. The van der Waals surface area contributed by atoms with Gasteiger partial charge in [0.05, 0.1) is 18.2 Å². The normalized spacial score (nSPS) is 21.7. The van der Waals surface area contributed by atoms with E-state index in [4.69, 9.17) is 14.7 Å². The highest BCUT2D eigenvalue weighted by Gasteiger charge is 2.38. The number of methoxy groups -OCH3 is 1. The maximum Gasteiger partial charge on any atom is 0.227 e. The molecule has 2 N–H and O–H groups in total. The first-order valence-electron chi connectivity index (χ1n) is 14.1. The summed E-state index contributed by atoms with van der Waals surface area (Å²) < 4.78 is 5.81. The molecule has 0 radical (unpaired) electrons. The van der Waals surface area contributed by atoms with Crippen LogP contribution in [0.1, 0.15) is 78.2 Å². The molecule has 3 aliphatic rings. The van der Waals surface area contributed by atoms with Crippen LogP contribution in [0.15, 0.2) is 12.1 Å². The molecule has 3 fully saturated rings. The van der Waals surface area contributed by atoms with Crippen molar-refractivity contribution in [2.45, 2.75) is 89.8 Å². The Bertz CT molecular complexity index is 1150. The predicted octanol–water partition coefficient (Wildman–Crippen LogP) is 4.80. The van der Waals surface area contributed by atoms with Crippen molar-refractivity contribution < 1.29 is 4.74 Å². The van der Waals surface area contributed by atoms with E-state index in [0.29, 0.717) is 6.04 Å². The first-order valence-corrected chi connectivity index (χ1v) is 14.1.